The minimum Gasteiger partial charge on any atom is -0.368 e. The molecule has 4 nitrogen and oxygen atoms in total. The van der Waals surface area contributed by atoms with E-state index in [2.05, 4.69) is 23.8 Å². The summed E-state index contributed by atoms with van der Waals surface area (Å²) in [7, 11) is 0. The maximum absolute atomic E-state index is 11.5. The molecule has 0 radical (unpaired) electrons. The number of carbonyl (C=O) groups excluding carboxylic acids is 1. The minimum absolute atomic E-state index is 0.0106. The van der Waals surface area contributed by atoms with Crippen LogP contribution in [0.15, 0.2) is 0 Å². The Bertz CT molecular complexity index is 221. The van der Waals surface area contributed by atoms with Crippen molar-refractivity contribution < 1.29 is 9.53 Å². The summed E-state index contributed by atoms with van der Waals surface area (Å²) in [6, 6.07) is 0. The second kappa shape index (κ2) is 8.78. The Kier molecular flexibility index (Phi) is 7.64. The van der Waals surface area contributed by atoms with Gasteiger partial charge < -0.3 is 15.4 Å². The fourth-order valence-electron chi connectivity index (χ4n) is 1.84. The van der Waals surface area contributed by atoms with E-state index in [1.54, 1.807) is 0 Å². The number of piperidine rings is 1. The smallest absolute Gasteiger partial charge is 0.246 e. The van der Waals surface area contributed by atoms with Gasteiger partial charge >= 0.3 is 0 Å². The molecule has 1 heterocycles. The molecule has 0 saturated carbocycles. The van der Waals surface area contributed by atoms with Crippen LogP contribution in [0, 0.1) is 5.92 Å². The molecule has 1 fully saturated rings. The number of amides is 1. The predicted molar refractivity (Wildman–Crippen MR) is 72.4 cm³/mol. The summed E-state index contributed by atoms with van der Waals surface area (Å²) < 4.78 is 5.58. The van der Waals surface area contributed by atoms with Gasteiger partial charge in [-0.1, -0.05) is 6.92 Å². The van der Waals surface area contributed by atoms with Crippen molar-refractivity contribution in [2.45, 2.75) is 25.9 Å². The van der Waals surface area contributed by atoms with Crippen molar-refractivity contribution in [3.05, 3.63) is 0 Å². The van der Waals surface area contributed by atoms with Crippen LogP contribution in [0.25, 0.3) is 0 Å². The molecule has 1 aliphatic heterocycles. The molecule has 5 heteroatoms. The third kappa shape index (κ3) is 6.91. The van der Waals surface area contributed by atoms with Crippen LogP contribution in [-0.2, 0) is 9.53 Å². The van der Waals surface area contributed by atoms with E-state index >= 15 is 0 Å². The van der Waals surface area contributed by atoms with E-state index in [-0.39, 0.29) is 18.6 Å². The lowest BCUT2D eigenvalue weighted by Gasteiger charge is -2.22. The average Bonchev–Trinajstić information content (AvgIpc) is 2.35. The van der Waals surface area contributed by atoms with Crippen molar-refractivity contribution in [1.82, 2.24) is 10.6 Å². The highest BCUT2D eigenvalue weighted by Crippen LogP contribution is 2.06. The lowest BCUT2D eigenvalue weighted by molar-refractivity contribution is -0.128. The summed E-state index contributed by atoms with van der Waals surface area (Å²) in [5.74, 6) is 1.61. The van der Waals surface area contributed by atoms with Gasteiger partial charge in [0.15, 0.2) is 0 Å². The van der Waals surface area contributed by atoms with Gasteiger partial charge in [0.05, 0.1) is 6.10 Å². The minimum atomic E-state index is 0.0106. The van der Waals surface area contributed by atoms with Gasteiger partial charge in [0.2, 0.25) is 5.91 Å². The van der Waals surface area contributed by atoms with Gasteiger partial charge in [0.25, 0.3) is 0 Å². The molecule has 0 aromatic heterocycles. The highest BCUT2D eigenvalue weighted by molar-refractivity contribution is 7.98. The first-order valence-corrected chi connectivity index (χ1v) is 7.69. The van der Waals surface area contributed by atoms with Crippen LogP contribution in [0.2, 0.25) is 0 Å². The summed E-state index contributed by atoms with van der Waals surface area (Å²) in [5, 5.41) is 6.19. The molecule has 0 aromatic carbocycles. The standard InChI is InChI=1S/C12H24N2O2S/c1-10(9-17-2)7-14-12(15)8-16-11-3-5-13-6-4-11/h10-11,13H,3-9H2,1-2H3,(H,14,15). The van der Waals surface area contributed by atoms with Crippen molar-refractivity contribution in [2.24, 2.45) is 5.92 Å². The molecule has 1 saturated heterocycles. The Morgan fingerprint density at radius 1 is 1.53 bits per heavy atom. The van der Waals surface area contributed by atoms with Crippen LogP contribution in [0.1, 0.15) is 19.8 Å². The molecular formula is C12H24N2O2S. The van der Waals surface area contributed by atoms with Crippen LogP contribution >= 0.6 is 11.8 Å². The Hall–Kier alpha value is -0.260. The Morgan fingerprint density at radius 3 is 2.88 bits per heavy atom. The summed E-state index contributed by atoms with van der Waals surface area (Å²) in [4.78, 5) is 11.5. The van der Waals surface area contributed by atoms with Gasteiger partial charge in [-0.3, -0.25) is 4.79 Å². The Morgan fingerprint density at radius 2 is 2.24 bits per heavy atom. The van der Waals surface area contributed by atoms with E-state index < -0.39 is 0 Å². The zero-order chi connectivity index (χ0) is 12.5. The number of ether oxygens (including phenoxy) is 1. The number of nitrogens with one attached hydrogen (secondary N) is 2. The third-order valence-corrected chi connectivity index (χ3v) is 3.74. The summed E-state index contributed by atoms with van der Waals surface area (Å²) >= 11 is 1.81. The van der Waals surface area contributed by atoms with Gasteiger partial charge in [0.1, 0.15) is 6.61 Å². The van der Waals surface area contributed by atoms with E-state index in [0.29, 0.717) is 5.92 Å². The van der Waals surface area contributed by atoms with Gasteiger partial charge in [-0.05, 0) is 43.9 Å². The van der Waals surface area contributed by atoms with Crippen LogP contribution in [0.4, 0.5) is 0 Å². The third-order valence-electron chi connectivity index (χ3n) is 2.84. The molecule has 1 atom stereocenters. The topological polar surface area (TPSA) is 50.4 Å². The first kappa shape index (κ1) is 14.8. The highest BCUT2D eigenvalue weighted by Gasteiger charge is 2.14. The summed E-state index contributed by atoms with van der Waals surface area (Å²) in [6.07, 6.45) is 4.36. The molecule has 0 aliphatic carbocycles. The van der Waals surface area contributed by atoms with E-state index in [1.807, 2.05) is 11.8 Å². The molecule has 100 valence electrons. The molecule has 17 heavy (non-hydrogen) atoms. The predicted octanol–water partition coefficient (Wildman–Crippen LogP) is 0.870. The van der Waals surface area contributed by atoms with Crippen LogP contribution in [-0.4, -0.2) is 50.3 Å². The van der Waals surface area contributed by atoms with Gasteiger partial charge in [-0.25, -0.2) is 0 Å². The summed E-state index contributed by atoms with van der Waals surface area (Å²) in [5.41, 5.74) is 0. The number of thioether (sulfide) groups is 1. The zero-order valence-corrected chi connectivity index (χ0v) is 11.6. The molecule has 2 N–H and O–H groups in total. The average molecular weight is 260 g/mol. The van der Waals surface area contributed by atoms with Crippen molar-refractivity contribution in [1.29, 1.82) is 0 Å². The van der Waals surface area contributed by atoms with Crippen molar-refractivity contribution in [2.75, 3.05) is 38.2 Å². The molecular weight excluding hydrogens is 236 g/mol. The van der Waals surface area contributed by atoms with E-state index in [4.69, 9.17) is 4.74 Å². The van der Waals surface area contributed by atoms with Gasteiger partial charge in [0, 0.05) is 6.54 Å². The Labute approximate surface area is 108 Å². The largest absolute Gasteiger partial charge is 0.368 e. The van der Waals surface area contributed by atoms with E-state index in [0.717, 1.165) is 38.2 Å². The molecule has 0 spiro atoms. The van der Waals surface area contributed by atoms with Crippen molar-refractivity contribution >= 4 is 17.7 Å². The summed E-state index contributed by atoms with van der Waals surface area (Å²) in [6.45, 7) is 5.09. The lowest BCUT2D eigenvalue weighted by Crippen LogP contribution is -2.37. The van der Waals surface area contributed by atoms with Crippen LogP contribution < -0.4 is 10.6 Å². The van der Waals surface area contributed by atoms with Crippen LogP contribution in [0.5, 0.6) is 0 Å². The monoisotopic (exact) mass is 260 g/mol. The molecule has 0 bridgehead atoms. The number of hydrogen-bond acceptors (Lipinski definition) is 4. The molecule has 1 unspecified atom stereocenters. The maximum atomic E-state index is 11.5. The van der Waals surface area contributed by atoms with Crippen LogP contribution in [0.3, 0.4) is 0 Å². The lowest BCUT2D eigenvalue weighted by atomic mass is 10.1. The molecule has 1 aliphatic rings. The maximum Gasteiger partial charge on any atom is 0.246 e. The van der Waals surface area contributed by atoms with Crippen molar-refractivity contribution in [3.63, 3.8) is 0 Å². The first-order chi connectivity index (χ1) is 8.22. The normalized spacial score (nSPS) is 18.9. The highest BCUT2D eigenvalue weighted by atomic mass is 32.2. The van der Waals surface area contributed by atoms with Gasteiger partial charge in [-0.2, -0.15) is 11.8 Å². The SMILES string of the molecule is CSCC(C)CNC(=O)COC1CCNCC1. The quantitative estimate of drug-likeness (QED) is 0.713. The zero-order valence-electron chi connectivity index (χ0n) is 10.8. The second-order valence-electron chi connectivity index (χ2n) is 4.62. The van der Waals surface area contributed by atoms with E-state index in [9.17, 15) is 4.79 Å². The Balaban J connectivity index is 2.04. The fraction of sp³-hybridized carbons (Fsp3) is 0.917. The number of carbonyl (C=O) groups is 1. The van der Waals surface area contributed by atoms with Gasteiger partial charge in [-0.15, -0.1) is 0 Å². The molecule has 0 aromatic rings. The molecule has 1 amide bonds. The molecule has 1 rings (SSSR count). The van der Waals surface area contributed by atoms with E-state index in [1.165, 1.54) is 0 Å². The first-order valence-electron chi connectivity index (χ1n) is 6.30. The van der Waals surface area contributed by atoms with Crippen molar-refractivity contribution in [3.8, 4) is 0 Å². The second-order valence-corrected chi connectivity index (χ2v) is 5.54. The number of hydrogen-bond donors (Lipinski definition) is 2. The fourth-order valence-corrected chi connectivity index (χ4v) is 2.53. The number of rotatable bonds is 7.